The van der Waals surface area contributed by atoms with E-state index in [1.807, 2.05) is 0 Å². The monoisotopic (exact) mass is 387 g/mol. The van der Waals surface area contributed by atoms with Gasteiger partial charge >= 0.3 is 22.8 Å². The molecule has 0 unspecified atom stereocenters. The molecule has 0 atom stereocenters. The minimum Gasteiger partial charge on any atom is -0.394 e. The fourth-order valence-electron chi connectivity index (χ4n) is 1.68. The van der Waals surface area contributed by atoms with E-state index < -0.39 is 66.8 Å². The third kappa shape index (κ3) is 4.45. The van der Waals surface area contributed by atoms with Crippen molar-refractivity contribution in [2.45, 2.75) is 11.1 Å². The van der Waals surface area contributed by atoms with Gasteiger partial charge in [-0.3, -0.25) is 13.7 Å². The molecule has 0 saturated carbocycles. The summed E-state index contributed by atoms with van der Waals surface area (Å²) in [5.74, 6) is 0. The summed E-state index contributed by atoms with van der Waals surface area (Å²) >= 11 is 0. The van der Waals surface area contributed by atoms with Gasteiger partial charge in [0.05, 0.1) is 26.4 Å². The lowest BCUT2D eigenvalue weighted by Gasteiger charge is -2.38. The largest absolute Gasteiger partial charge is 0.394 e. The molecule has 0 heterocycles. The molecule has 8 N–H and O–H groups in total. The Morgan fingerprint density at radius 3 is 1.45 bits per heavy atom. The van der Waals surface area contributed by atoms with E-state index in [0.29, 0.717) is 0 Å². The van der Waals surface area contributed by atoms with Gasteiger partial charge in [-0.15, -0.1) is 0 Å². The van der Waals surface area contributed by atoms with Crippen LogP contribution < -0.4 is 5.73 Å². The van der Waals surface area contributed by atoms with Crippen molar-refractivity contribution in [1.82, 2.24) is 0 Å². The van der Waals surface area contributed by atoms with Gasteiger partial charge in [0.1, 0.15) is 0 Å². The van der Waals surface area contributed by atoms with E-state index in [9.17, 15) is 33.3 Å². The highest BCUT2D eigenvalue weighted by atomic mass is 31.3. The smallest absolute Gasteiger partial charge is 0.361 e. The number of hydrogen-bond donors (Lipinski definition) is 7. The molecule has 0 saturated heterocycles. The first kappa shape index (κ1) is 22.3. The molecule has 0 aromatic carbocycles. The minimum atomic E-state index is -5.77. The Kier molecular flexibility index (Phi) is 8.56. The van der Waals surface area contributed by atoms with E-state index in [2.05, 4.69) is 9.05 Å². The predicted octanol–water partition coefficient (Wildman–Crippen LogP) is -1.44. The van der Waals surface area contributed by atoms with Gasteiger partial charge in [-0.1, -0.05) is 0 Å². The Morgan fingerprint density at radius 1 is 0.864 bits per heavy atom. The van der Waals surface area contributed by atoms with Gasteiger partial charge in [-0.05, 0) is 13.0 Å². The Bertz CT molecular complexity index is 450. The molecular formula is C7H20NO11P3. The van der Waals surface area contributed by atoms with Crippen molar-refractivity contribution in [3.8, 4) is 0 Å². The molecular weight excluding hydrogens is 367 g/mol. The topological polar surface area (TPSA) is 217 Å². The SMILES string of the molecule is NCCC(P(=O)(O)O)(P(=O)(O)O)P(=O)(OCCO)OCCO. The van der Waals surface area contributed by atoms with E-state index in [1.165, 1.54) is 0 Å². The molecule has 0 amide bonds. The average molecular weight is 387 g/mol. The lowest BCUT2D eigenvalue weighted by Crippen LogP contribution is -2.34. The summed E-state index contributed by atoms with van der Waals surface area (Å²) in [5.41, 5.74) is 5.14. The fourth-order valence-corrected chi connectivity index (χ4v) is 8.66. The Labute approximate surface area is 126 Å². The van der Waals surface area contributed by atoms with Crippen LogP contribution in [0.5, 0.6) is 0 Å². The molecule has 0 fully saturated rings. The molecule has 0 spiro atoms. The van der Waals surface area contributed by atoms with Crippen molar-refractivity contribution < 1.29 is 52.5 Å². The highest BCUT2D eigenvalue weighted by molar-refractivity contribution is 7.89. The molecule has 0 rings (SSSR count). The van der Waals surface area contributed by atoms with Crippen molar-refractivity contribution >= 4 is 22.8 Å². The van der Waals surface area contributed by atoms with Crippen molar-refractivity contribution in [2.75, 3.05) is 33.0 Å². The molecule has 0 aromatic rings. The Morgan fingerprint density at radius 2 is 1.23 bits per heavy atom. The van der Waals surface area contributed by atoms with Crippen molar-refractivity contribution in [3.63, 3.8) is 0 Å². The third-order valence-electron chi connectivity index (χ3n) is 2.56. The summed E-state index contributed by atoms with van der Waals surface area (Å²) in [7, 11) is -16.7. The average Bonchev–Trinajstić information content (AvgIpc) is 2.37. The van der Waals surface area contributed by atoms with Gasteiger partial charge in [-0.25, -0.2) is 0 Å². The summed E-state index contributed by atoms with van der Waals surface area (Å²) in [6, 6.07) is 0. The summed E-state index contributed by atoms with van der Waals surface area (Å²) in [6.45, 7) is -3.70. The first-order valence-corrected chi connectivity index (χ1v) is 10.6. The van der Waals surface area contributed by atoms with Gasteiger partial charge in [0.15, 0.2) is 0 Å². The Hall–Kier alpha value is 0.330. The number of aliphatic hydroxyl groups excluding tert-OH is 2. The van der Waals surface area contributed by atoms with Gasteiger partial charge in [-0.2, -0.15) is 0 Å². The lowest BCUT2D eigenvalue weighted by atomic mass is 10.5. The van der Waals surface area contributed by atoms with Crippen LogP contribution in [0.1, 0.15) is 6.42 Å². The zero-order chi connectivity index (χ0) is 17.7. The van der Waals surface area contributed by atoms with Crippen LogP contribution in [0.3, 0.4) is 0 Å². The molecule has 0 bridgehead atoms. The second kappa shape index (κ2) is 8.43. The minimum absolute atomic E-state index is 0.648. The lowest BCUT2D eigenvalue weighted by molar-refractivity contribution is 0.134. The molecule has 0 aromatic heterocycles. The summed E-state index contributed by atoms with van der Waals surface area (Å²) in [5, 5.41) is 17.4. The predicted molar refractivity (Wildman–Crippen MR) is 74.2 cm³/mol. The van der Waals surface area contributed by atoms with Gasteiger partial charge < -0.3 is 44.6 Å². The van der Waals surface area contributed by atoms with E-state index in [1.54, 1.807) is 0 Å². The van der Waals surface area contributed by atoms with E-state index in [0.717, 1.165) is 0 Å². The van der Waals surface area contributed by atoms with Crippen LogP contribution in [0.25, 0.3) is 0 Å². The third-order valence-corrected chi connectivity index (χ3v) is 11.6. The normalized spacial score (nSPS) is 14.3. The van der Waals surface area contributed by atoms with Crippen molar-refractivity contribution in [3.05, 3.63) is 0 Å². The van der Waals surface area contributed by atoms with E-state index >= 15 is 0 Å². The second-order valence-electron chi connectivity index (χ2n) is 4.01. The number of nitrogens with two attached hydrogens (primary N) is 1. The van der Waals surface area contributed by atoms with Crippen LogP contribution in [0.4, 0.5) is 0 Å². The summed E-state index contributed by atoms with van der Waals surface area (Å²) in [6.07, 6.45) is -1.07. The molecule has 15 heteroatoms. The van der Waals surface area contributed by atoms with Crippen molar-refractivity contribution in [2.24, 2.45) is 5.73 Å². The molecule has 0 aliphatic carbocycles. The van der Waals surface area contributed by atoms with Crippen LogP contribution in [0.15, 0.2) is 0 Å². The molecule has 12 nitrogen and oxygen atoms in total. The van der Waals surface area contributed by atoms with Crippen LogP contribution in [-0.2, 0) is 22.7 Å². The molecule has 22 heavy (non-hydrogen) atoms. The van der Waals surface area contributed by atoms with Crippen LogP contribution in [0.2, 0.25) is 0 Å². The summed E-state index contributed by atoms with van der Waals surface area (Å²) in [4.78, 5) is 37.7. The van der Waals surface area contributed by atoms with Crippen LogP contribution in [0, 0.1) is 0 Å². The highest BCUT2D eigenvalue weighted by Crippen LogP contribution is 2.86. The van der Waals surface area contributed by atoms with Crippen LogP contribution >= 0.6 is 22.8 Å². The maximum Gasteiger partial charge on any atom is 0.361 e. The second-order valence-corrected chi connectivity index (χ2v) is 11.0. The zero-order valence-corrected chi connectivity index (χ0v) is 14.1. The molecule has 0 aliphatic heterocycles. The van der Waals surface area contributed by atoms with Gasteiger partial charge in [0.2, 0.25) is 0 Å². The fraction of sp³-hybridized carbons (Fsp3) is 1.00. The van der Waals surface area contributed by atoms with E-state index in [4.69, 9.17) is 15.9 Å². The first-order chi connectivity index (χ1) is 9.93. The van der Waals surface area contributed by atoms with Crippen LogP contribution in [-0.4, -0.2) is 67.4 Å². The highest BCUT2D eigenvalue weighted by Gasteiger charge is 2.73. The molecule has 134 valence electrons. The quantitative estimate of drug-likeness (QED) is 0.203. The number of rotatable bonds is 11. The zero-order valence-electron chi connectivity index (χ0n) is 11.4. The first-order valence-electron chi connectivity index (χ1n) is 5.86. The number of aliphatic hydroxyl groups is 2. The summed E-state index contributed by atoms with van der Waals surface area (Å²) < 4.78 is 41.9. The Balaban J connectivity index is 6.33. The number of hydrogen-bond acceptors (Lipinski definition) is 8. The molecule has 0 radical (unpaired) electrons. The standard InChI is InChI=1S/C7H20NO11P3/c8-2-1-7(20(11,12)13,21(14,15)16)22(17,18-5-3-9)19-6-4-10/h9-10H,1-6,8H2,(H2,11,12,13)(H2,14,15,16). The molecule has 0 aliphatic rings. The maximum atomic E-state index is 12.7. The van der Waals surface area contributed by atoms with Crippen molar-refractivity contribution in [1.29, 1.82) is 0 Å². The maximum absolute atomic E-state index is 12.7. The van der Waals surface area contributed by atoms with Gasteiger partial charge in [0, 0.05) is 0 Å². The van der Waals surface area contributed by atoms with Gasteiger partial charge in [0.25, 0.3) is 4.64 Å². The van der Waals surface area contributed by atoms with E-state index in [-0.39, 0.29) is 0 Å².